The Morgan fingerprint density at radius 1 is 1.41 bits per heavy atom. The number of hydrogen-bond acceptors (Lipinski definition) is 2. The molecule has 0 spiro atoms. The monoisotopic (exact) mass is 236 g/mol. The van der Waals surface area contributed by atoms with Crippen LogP contribution in [0.4, 0.5) is 0 Å². The molecule has 0 aromatic heterocycles. The number of unbranched alkanes of at least 4 members (excludes halogenated alkanes) is 4. The van der Waals surface area contributed by atoms with Crippen LogP contribution in [-0.4, -0.2) is 24.9 Å². The van der Waals surface area contributed by atoms with Crippen molar-refractivity contribution in [2.24, 2.45) is 0 Å². The van der Waals surface area contributed by atoms with Gasteiger partial charge in [-0.1, -0.05) is 38.2 Å². The number of ether oxygens (including phenoxy) is 2. The van der Waals surface area contributed by atoms with Gasteiger partial charge in [0.2, 0.25) is 0 Å². The van der Waals surface area contributed by atoms with Gasteiger partial charge in [0.1, 0.15) is 6.10 Å². The smallest absolute Gasteiger partial charge is 0.154 e. The molecular formula is C15H24O2. The third-order valence-electron chi connectivity index (χ3n) is 2.94. The first-order valence-electron chi connectivity index (χ1n) is 6.59. The van der Waals surface area contributed by atoms with Gasteiger partial charge in [0.25, 0.3) is 0 Å². The zero-order valence-electron chi connectivity index (χ0n) is 11.1. The van der Waals surface area contributed by atoms with Gasteiger partial charge in [-0.3, -0.25) is 0 Å². The molecule has 1 aliphatic rings. The van der Waals surface area contributed by atoms with Crippen molar-refractivity contribution >= 4 is 0 Å². The van der Waals surface area contributed by atoms with Gasteiger partial charge in [-0.25, -0.2) is 0 Å². The Morgan fingerprint density at radius 2 is 2.24 bits per heavy atom. The molecule has 0 saturated carbocycles. The minimum absolute atomic E-state index is 0.144. The molecule has 0 N–H and O–H groups in total. The summed E-state index contributed by atoms with van der Waals surface area (Å²) in [7, 11) is 0. The molecule has 0 bridgehead atoms. The van der Waals surface area contributed by atoms with Gasteiger partial charge in [-0.2, -0.15) is 0 Å². The summed E-state index contributed by atoms with van der Waals surface area (Å²) < 4.78 is 10.9. The lowest BCUT2D eigenvalue weighted by Crippen LogP contribution is -2.12. The zero-order chi connectivity index (χ0) is 12.6. The molecule has 0 radical (unpaired) electrons. The summed E-state index contributed by atoms with van der Waals surface area (Å²) in [5.74, 6) is 6.43. The summed E-state index contributed by atoms with van der Waals surface area (Å²) in [4.78, 5) is 0. The maximum Gasteiger partial charge on any atom is 0.154 e. The SMILES string of the molecule is C=CCOC[C@@H]1O[C@@]1(C)C#CCCCCCC. The lowest BCUT2D eigenvalue weighted by atomic mass is 10.1. The molecule has 17 heavy (non-hydrogen) atoms. The topological polar surface area (TPSA) is 21.8 Å². The van der Waals surface area contributed by atoms with Crippen molar-refractivity contribution in [1.29, 1.82) is 0 Å². The predicted molar refractivity (Wildman–Crippen MR) is 70.8 cm³/mol. The van der Waals surface area contributed by atoms with Crippen LogP contribution in [0.2, 0.25) is 0 Å². The fourth-order valence-electron chi connectivity index (χ4n) is 1.70. The largest absolute Gasteiger partial charge is 0.375 e. The Bertz CT molecular complexity index is 287. The van der Waals surface area contributed by atoms with E-state index in [9.17, 15) is 0 Å². The molecule has 96 valence electrons. The standard InChI is InChI=1S/C15H24O2/c1-4-6-7-8-9-10-11-15(3)14(17-15)13-16-12-5-2/h5,14H,2,4,6-9,12-13H2,1,3H3/t14-,15-/m0/s1. The fourth-order valence-corrected chi connectivity index (χ4v) is 1.70. The second-order valence-corrected chi connectivity index (χ2v) is 4.65. The number of rotatable bonds is 8. The van der Waals surface area contributed by atoms with Gasteiger partial charge >= 0.3 is 0 Å². The highest BCUT2D eigenvalue weighted by Crippen LogP contribution is 2.35. The molecule has 0 amide bonds. The molecule has 0 unspecified atom stereocenters. The van der Waals surface area contributed by atoms with E-state index in [0.717, 1.165) is 6.42 Å². The summed E-state index contributed by atoms with van der Waals surface area (Å²) in [6, 6.07) is 0. The van der Waals surface area contributed by atoms with Crippen LogP contribution in [0.25, 0.3) is 0 Å². The Labute approximate surface area is 105 Å². The van der Waals surface area contributed by atoms with E-state index >= 15 is 0 Å². The van der Waals surface area contributed by atoms with Crippen LogP contribution in [-0.2, 0) is 9.47 Å². The first-order valence-corrected chi connectivity index (χ1v) is 6.59. The predicted octanol–water partition coefficient (Wildman–Crippen LogP) is 3.32. The van der Waals surface area contributed by atoms with E-state index in [0.29, 0.717) is 13.2 Å². The van der Waals surface area contributed by atoms with E-state index in [2.05, 4.69) is 25.3 Å². The highest BCUT2D eigenvalue weighted by molar-refractivity contribution is 5.23. The number of hydrogen-bond donors (Lipinski definition) is 0. The zero-order valence-corrected chi connectivity index (χ0v) is 11.1. The Hall–Kier alpha value is -0.780. The van der Waals surface area contributed by atoms with Crippen molar-refractivity contribution in [2.75, 3.05) is 13.2 Å². The maximum atomic E-state index is 5.55. The van der Waals surface area contributed by atoms with Gasteiger partial charge in [0.05, 0.1) is 13.2 Å². The van der Waals surface area contributed by atoms with Gasteiger partial charge in [-0.15, -0.1) is 12.5 Å². The van der Waals surface area contributed by atoms with Crippen molar-refractivity contribution in [3.63, 3.8) is 0 Å². The van der Waals surface area contributed by atoms with E-state index in [1.165, 1.54) is 25.7 Å². The second kappa shape index (κ2) is 7.53. The Morgan fingerprint density at radius 3 is 2.94 bits per heavy atom. The van der Waals surface area contributed by atoms with Crippen LogP contribution in [0.15, 0.2) is 12.7 Å². The summed E-state index contributed by atoms with van der Waals surface area (Å²) in [5, 5.41) is 0. The summed E-state index contributed by atoms with van der Waals surface area (Å²) in [6.07, 6.45) is 7.96. The van der Waals surface area contributed by atoms with E-state index in [-0.39, 0.29) is 11.7 Å². The molecule has 1 aliphatic heterocycles. The van der Waals surface area contributed by atoms with Gasteiger partial charge in [0, 0.05) is 6.42 Å². The quantitative estimate of drug-likeness (QED) is 0.279. The first-order chi connectivity index (χ1) is 8.23. The normalized spacial score (nSPS) is 26.1. The van der Waals surface area contributed by atoms with E-state index in [1.54, 1.807) is 6.08 Å². The molecule has 2 nitrogen and oxygen atoms in total. The lowest BCUT2D eigenvalue weighted by Gasteiger charge is -1.97. The highest BCUT2D eigenvalue weighted by Gasteiger charge is 2.51. The van der Waals surface area contributed by atoms with Crippen molar-refractivity contribution in [1.82, 2.24) is 0 Å². The third-order valence-corrected chi connectivity index (χ3v) is 2.94. The van der Waals surface area contributed by atoms with Crippen molar-refractivity contribution in [3.8, 4) is 11.8 Å². The summed E-state index contributed by atoms with van der Waals surface area (Å²) >= 11 is 0. The van der Waals surface area contributed by atoms with Crippen LogP contribution < -0.4 is 0 Å². The van der Waals surface area contributed by atoms with Crippen molar-refractivity contribution in [3.05, 3.63) is 12.7 Å². The molecule has 1 heterocycles. The third kappa shape index (κ3) is 5.39. The second-order valence-electron chi connectivity index (χ2n) is 4.65. The van der Waals surface area contributed by atoms with Crippen LogP contribution in [0.5, 0.6) is 0 Å². The molecule has 1 fully saturated rings. The van der Waals surface area contributed by atoms with Gasteiger partial charge in [-0.05, 0) is 13.3 Å². The van der Waals surface area contributed by atoms with Crippen LogP contribution >= 0.6 is 0 Å². The minimum Gasteiger partial charge on any atom is -0.375 e. The molecule has 0 aliphatic carbocycles. The lowest BCUT2D eigenvalue weighted by molar-refractivity contribution is 0.141. The van der Waals surface area contributed by atoms with Gasteiger partial charge < -0.3 is 9.47 Å². The number of epoxide rings is 1. The Kier molecular flexibility index (Phi) is 6.32. The van der Waals surface area contributed by atoms with E-state index in [1.807, 2.05) is 6.92 Å². The highest BCUT2D eigenvalue weighted by atomic mass is 16.6. The van der Waals surface area contributed by atoms with Crippen LogP contribution in [0, 0.1) is 11.8 Å². The molecule has 0 aromatic carbocycles. The molecule has 2 atom stereocenters. The average Bonchev–Trinajstić information content (AvgIpc) is 2.95. The summed E-state index contributed by atoms with van der Waals surface area (Å²) in [6.45, 7) is 9.06. The Balaban J connectivity index is 2.10. The van der Waals surface area contributed by atoms with Crippen LogP contribution in [0.1, 0.15) is 46.0 Å². The van der Waals surface area contributed by atoms with E-state index < -0.39 is 0 Å². The molecule has 1 rings (SSSR count). The maximum absolute atomic E-state index is 5.55. The van der Waals surface area contributed by atoms with E-state index in [4.69, 9.17) is 9.47 Å². The van der Waals surface area contributed by atoms with Gasteiger partial charge in [0.15, 0.2) is 5.60 Å². The molecule has 0 aromatic rings. The fraction of sp³-hybridized carbons (Fsp3) is 0.733. The summed E-state index contributed by atoms with van der Waals surface area (Å²) in [5.41, 5.74) is -0.258. The minimum atomic E-state index is -0.258. The average molecular weight is 236 g/mol. The van der Waals surface area contributed by atoms with Crippen LogP contribution in [0.3, 0.4) is 0 Å². The first kappa shape index (κ1) is 14.3. The van der Waals surface area contributed by atoms with Crippen molar-refractivity contribution < 1.29 is 9.47 Å². The molecular weight excluding hydrogens is 212 g/mol. The van der Waals surface area contributed by atoms with Crippen molar-refractivity contribution in [2.45, 2.75) is 57.7 Å². The molecule has 1 saturated heterocycles. The molecule has 2 heteroatoms.